The van der Waals surface area contributed by atoms with Crippen LogP contribution in [0.15, 0.2) is 54.1 Å². The first-order chi connectivity index (χ1) is 12.3. The van der Waals surface area contributed by atoms with Gasteiger partial charge in [-0.15, -0.1) is 0 Å². The minimum atomic E-state index is -0.728. The molecule has 1 atom stereocenters. The Balaban J connectivity index is 2.21. The summed E-state index contributed by atoms with van der Waals surface area (Å²) in [6.07, 6.45) is 1.22. The fraction of sp³-hybridized carbons (Fsp3) is 0.286. The molecule has 1 amide bonds. The smallest absolute Gasteiger partial charge is 0.333 e. The van der Waals surface area contributed by atoms with Crippen molar-refractivity contribution < 1.29 is 19.1 Å². The fourth-order valence-corrected chi connectivity index (χ4v) is 2.64. The molecule has 2 rings (SSSR count). The number of methoxy groups -OCH3 is 1. The quantitative estimate of drug-likeness (QED) is 0.639. The van der Waals surface area contributed by atoms with Crippen molar-refractivity contribution in [3.05, 3.63) is 59.7 Å². The molecule has 0 aliphatic carbocycles. The van der Waals surface area contributed by atoms with Crippen molar-refractivity contribution in [1.82, 2.24) is 5.32 Å². The van der Waals surface area contributed by atoms with Gasteiger partial charge in [0, 0.05) is 11.1 Å². The number of ether oxygens (including phenoxy) is 1. The number of rotatable bonds is 6. The van der Waals surface area contributed by atoms with Crippen LogP contribution in [0, 0.1) is 5.92 Å². The molecular formula is C21H23NO4. The highest BCUT2D eigenvalue weighted by Gasteiger charge is 2.24. The molecule has 0 aliphatic rings. The third-order valence-corrected chi connectivity index (χ3v) is 4.14. The van der Waals surface area contributed by atoms with E-state index in [9.17, 15) is 14.4 Å². The van der Waals surface area contributed by atoms with E-state index in [1.54, 1.807) is 12.1 Å². The van der Waals surface area contributed by atoms with Gasteiger partial charge in [0.25, 0.3) is 5.91 Å². The van der Waals surface area contributed by atoms with E-state index in [0.717, 1.165) is 10.8 Å². The van der Waals surface area contributed by atoms with E-state index in [1.165, 1.54) is 20.1 Å². The van der Waals surface area contributed by atoms with Crippen molar-refractivity contribution in [2.75, 3.05) is 7.11 Å². The Kier molecular flexibility index (Phi) is 6.28. The molecule has 0 bridgehead atoms. The average Bonchev–Trinajstić information content (AvgIpc) is 2.64. The van der Waals surface area contributed by atoms with E-state index in [2.05, 4.69) is 10.1 Å². The maximum absolute atomic E-state index is 12.6. The Morgan fingerprint density at radius 1 is 1.04 bits per heavy atom. The first kappa shape index (κ1) is 19.4. The normalized spacial score (nSPS) is 12.7. The Bertz CT molecular complexity index is 867. The predicted octanol–water partition coefficient (Wildman–Crippen LogP) is 3.28. The maximum atomic E-state index is 12.6. The highest BCUT2D eigenvalue weighted by molar-refractivity contribution is 6.05. The number of nitrogens with one attached hydrogen (secondary N) is 1. The SMILES string of the molecule is COC(=O)/C(C)=C/C(=O)C(NC(=O)c1ccc2ccccc2c1)C(C)C. The maximum Gasteiger partial charge on any atom is 0.333 e. The highest BCUT2D eigenvalue weighted by atomic mass is 16.5. The van der Waals surface area contributed by atoms with Crippen LogP contribution in [0.4, 0.5) is 0 Å². The van der Waals surface area contributed by atoms with Gasteiger partial charge in [-0.25, -0.2) is 4.79 Å². The second kappa shape index (κ2) is 8.43. The summed E-state index contributed by atoms with van der Waals surface area (Å²) < 4.78 is 4.60. The molecule has 2 aromatic carbocycles. The highest BCUT2D eigenvalue weighted by Crippen LogP contribution is 2.16. The number of benzene rings is 2. The van der Waals surface area contributed by atoms with Crippen LogP contribution in [0.3, 0.4) is 0 Å². The van der Waals surface area contributed by atoms with Gasteiger partial charge in [0.05, 0.1) is 13.2 Å². The second-order valence-corrected chi connectivity index (χ2v) is 6.48. The molecule has 0 radical (unpaired) electrons. The first-order valence-corrected chi connectivity index (χ1v) is 8.43. The van der Waals surface area contributed by atoms with Crippen molar-refractivity contribution >= 4 is 28.4 Å². The molecule has 5 heteroatoms. The molecule has 0 fully saturated rings. The topological polar surface area (TPSA) is 72.5 Å². The average molecular weight is 353 g/mol. The van der Waals surface area contributed by atoms with E-state index >= 15 is 0 Å². The van der Waals surface area contributed by atoms with Crippen LogP contribution in [0.2, 0.25) is 0 Å². The summed E-state index contributed by atoms with van der Waals surface area (Å²) in [6, 6.07) is 12.4. The summed E-state index contributed by atoms with van der Waals surface area (Å²) in [5, 5.41) is 4.77. The van der Waals surface area contributed by atoms with E-state index in [-0.39, 0.29) is 23.2 Å². The Hall–Kier alpha value is -2.95. The van der Waals surface area contributed by atoms with Gasteiger partial charge in [-0.1, -0.05) is 44.2 Å². The number of fused-ring (bicyclic) bond motifs is 1. The third-order valence-electron chi connectivity index (χ3n) is 4.14. The molecule has 5 nitrogen and oxygen atoms in total. The van der Waals surface area contributed by atoms with Crippen molar-refractivity contribution in [2.24, 2.45) is 5.92 Å². The number of hydrogen-bond acceptors (Lipinski definition) is 4. The molecule has 26 heavy (non-hydrogen) atoms. The van der Waals surface area contributed by atoms with E-state index in [1.807, 2.05) is 44.2 Å². The van der Waals surface area contributed by atoms with Crippen LogP contribution in [0.5, 0.6) is 0 Å². The number of carbonyl (C=O) groups is 3. The third kappa shape index (κ3) is 4.57. The number of carbonyl (C=O) groups excluding carboxylic acids is 3. The molecule has 1 unspecified atom stereocenters. The summed E-state index contributed by atoms with van der Waals surface area (Å²) >= 11 is 0. The van der Waals surface area contributed by atoms with E-state index in [4.69, 9.17) is 0 Å². The van der Waals surface area contributed by atoms with Crippen LogP contribution in [0.1, 0.15) is 31.1 Å². The molecule has 0 saturated carbocycles. The Labute approximate surface area is 153 Å². The van der Waals surface area contributed by atoms with Crippen LogP contribution in [-0.4, -0.2) is 30.8 Å². The lowest BCUT2D eigenvalue weighted by atomic mass is 9.97. The van der Waals surface area contributed by atoms with Gasteiger partial charge < -0.3 is 10.1 Å². The summed E-state index contributed by atoms with van der Waals surface area (Å²) in [5.74, 6) is -1.36. The Morgan fingerprint density at radius 2 is 1.69 bits per heavy atom. The van der Waals surface area contributed by atoms with Crippen LogP contribution in [0.25, 0.3) is 10.8 Å². The Morgan fingerprint density at radius 3 is 2.31 bits per heavy atom. The van der Waals surface area contributed by atoms with E-state index < -0.39 is 12.0 Å². The lowest BCUT2D eigenvalue weighted by Crippen LogP contribution is -2.44. The second-order valence-electron chi connectivity index (χ2n) is 6.48. The van der Waals surface area contributed by atoms with Gasteiger partial charge in [0.15, 0.2) is 5.78 Å². The van der Waals surface area contributed by atoms with E-state index in [0.29, 0.717) is 5.56 Å². The largest absolute Gasteiger partial charge is 0.466 e. The van der Waals surface area contributed by atoms with Crippen molar-refractivity contribution in [3.63, 3.8) is 0 Å². The molecular weight excluding hydrogens is 330 g/mol. The molecule has 1 N–H and O–H groups in total. The molecule has 136 valence electrons. The number of esters is 1. The van der Waals surface area contributed by atoms with Crippen molar-refractivity contribution in [2.45, 2.75) is 26.8 Å². The zero-order valence-corrected chi connectivity index (χ0v) is 15.4. The summed E-state index contributed by atoms with van der Waals surface area (Å²) in [7, 11) is 1.26. The summed E-state index contributed by atoms with van der Waals surface area (Å²) in [5.41, 5.74) is 0.680. The van der Waals surface area contributed by atoms with Gasteiger partial charge in [0.1, 0.15) is 0 Å². The summed E-state index contributed by atoms with van der Waals surface area (Å²) in [4.78, 5) is 36.6. The van der Waals surface area contributed by atoms with Gasteiger partial charge in [-0.2, -0.15) is 0 Å². The van der Waals surface area contributed by atoms with Crippen LogP contribution >= 0.6 is 0 Å². The fourth-order valence-electron chi connectivity index (χ4n) is 2.64. The predicted molar refractivity (Wildman–Crippen MR) is 101 cm³/mol. The molecule has 0 spiro atoms. The zero-order chi connectivity index (χ0) is 19.3. The van der Waals surface area contributed by atoms with Gasteiger partial charge in [-0.05, 0) is 41.8 Å². The minimum Gasteiger partial charge on any atom is -0.466 e. The van der Waals surface area contributed by atoms with Gasteiger partial charge in [0.2, 0.25) is 0 Å². The number of hydrogen-bond donors (Lipinski definition) is 1. The lowest BCUT2D eigenvalue weighted by Gasteiger charge is -2.20. The molecule has 0 aromatic heterocycles. The summed E-state index contributed by atoms with van der Waals surface area (Å²) in [6.45, 7) is 5.18. The number of amides is 1. The van der Waals surface area contributed by atoms with Crippen molar-refractivity contribution in [3.8, 4) is 0 Å². The molecule has 0 aliphatic heterocycles. The van der Waals surface area contributed by atoms with Crippen molar-refractivity contribution in [1.29, 1.82) is 0 Å². The first-order valence-electron chi connectivity index (χ1n) is 8.43. The monoisotopic (exact) mass is 353 g/mol. The minimum absolute atomic E-state index is 0.131. The molecule has 2 aromatic rings. The van der Waals surface area contributed by atoms with Crippen LogP contribution in [-0.2, 0) is 14.3 Å². The van der Waals surface area contributed by atoms with Gasteiger partial charge in [-0.3, -0.25) is 9.59 Å². The van der Waals surface area contributed by atoms with Gasteiger partial charge >= 0.3 is 5.97 Å². The standard InChI is InChI=1S/C21H23NO4/c1-13(2)19(18(23)11-14(3)21(25)26-4)22-20(24)17-10-9-15-7-5-6-8-16(15)12-17/h5-13,19H,1-4H3,(H,22,24)/b14-11+. The molecule has 0 heterocycles. The molecule has 0 saturated heterocycles. The van der Waals surface area contributed by atoms with Crippen LogP contribution < -0.4 is 5.32 Å². The lowest BCUT2D eigenvalue weighted by molar-refractivity contribution is -0.136. The zero-order valence-electron chi connectivity index (χ0n) is 15.4. The number of ketones is 1.